The maximum atomic E-state index is 6.05. The van der Waals surface area contributed by atoms with Gasteiger partial charge >= 0.3 is 0 Å². The van der Waals surface area contributed by atoms with Crippen LogP contribution in [0.2, 0.25) is 10.0 Å². The van der Waals surface area contributed by atoms with E-state index in [0.29, 0.717) is 16.7 Å². The van der Waals surface area contributed by atoms with Crippen molar-refractivity contribution in [3.63, 3.8) is 0 Å². The molecule has 0 saturated heterocycles. The Labute approximate surface area is 161 Å². The molecule has 0 unspecified atom stereocenters. The third kappa shape index (κ3) is 4.69. The molecule has 7 heteroatoms. The van der Waals surface area contributed by atoms with Crippen molar-refractivity contribution >= 4 is 35.0 Å². The number of benzene rings is 2. The molecule has 0 saturated carbocycles. The van der Waals surface area contributed by atoms with E-state index in [1.54, 1.807) is 17.8 Å². The van der Waals surface area contributed by atoms with Gasteiger partial charge < -0.3 is 9.30 Å². The van der Waals surface area contributed by atoms with Gasteiger partial charge in [0.05, 0.1) is 10.0 Å². The van der Waals surface area contributed by atoms with Crippen LogP contribution >= 0.6 is 35.0 Å². The minimum atomic E-state index is 0.375. The smallest absolute Gasteiger partial charge is 0.191 e. The monoisotopic (exact) mass is 393 g/mol. The third-order valence-corrected chi connectivity index (χ3v) is 5.46. The van der Waals surface area contributed by atoms with Gasteiger partial charge in [0.25, 0.3) is 0 Å². The fourth-order valence-electron chi connectivity index (χ4n) is 2.23. The van der Waals surface area contributed by atoms with Crippen LogP contribution in [0.5, 0.6) is 5.75 Å². The molecule has 0 aliphatic carbocycles. The summed E-state index contributed by atoms with van der Waals surface area (Å²) < 4.78 is 7.74. The van der Waals surface area contributed by atoms with Crippen LogP contribution in [0.25, 0.3) is 0 Å². The van der Waals surface area contributed by atoms with Gasteiger partial charge in [0.15, 0.2) is 11.0 Å². The molecule has 2 aromatic carbocycles. The highest BCUT2D eigenvalue weighted by Crippen LogP contribution is 2.27. The first-order chi connectivity index (χ1) is 12.0. The van der Waals surface area contributed by atoms with Gasteiger partial charge in [0.2, 0.25) is 0 Å². The zero-order valence-corrected chi connectivity index (χ0v) is 16.2. The van der Waals surface area contributed by atoms with Crippen molar-refractivity contribution in [1.82, 2.24) is 14.8 Å². The summed E-state index contributed by atoms with van der Waals surface area (Å²) in [4.78, 5) is 0. The van der Waals surface area contributed by atoms with E-state index in [-0.39, 0.29) is 0 Å². The van der Waals surface area contributed by atoms with Crippen molar-refractivity contribution in [3.05, 3.63) is 69.5 Å². The van der Waals surface area contributed by atoms with Crippen molar-refractivity contribution in [3.8, 4) is 5.75 Å². The molecule has 3 rings (SSSR count). The molecule has 0 aliphatic rings. The van der Waals surface area contributed by atoms with E-state index >= 15 is 0 Å². The van der Waals surface area contributed by atoms with Gasteiger partial charge in [-0.05, 0) is 42.3 Å². The summed E-state index contributed by atoms with van der Waals surface area (Å²) >= 11 is 13.6. The Kier molecular flexibility index (Phi) is 5.89. The maximum Gasteiger partial charge on any atom is 0.191 e. The second-order valence-electron chi connectivity index (χ2n) is 5.60. The van der Waals surface area contributed by atoms with Gasteiger partial charge in [-0.3, -0.25) is 0 Å². The number of halogens is 2. The van der Waals surface area contributed by atoms with Crippen LogP contribution in [-0.2, 0) is 19.4 Å². The number of hydrogen-bond donors (Lipinski definition) is 0. The number of aryl methyl sites for hydroxylation is 1. The molecular weight excluding hydrogens is 377 g/mol. The SMILES string of the molecule is Cc1cccc(OCc2nnc(SCc3ccc(Cl)c(Cl)c3)n2C)c1. The van der Waals surface area contributed by atoms with Crippen LogP contribution < -0.4 is 4.74 Å². The summed E-state index contributed by atoms with van der Waals surface area (Å²) in [6.07, 6.45) is 0. The molecule has 1 heterocycles. The van der Waals surface area contributed by atoms with Gasteiger partial charge in [-0.15, -0.1) is 10.2 Å². The van der Waals surface area contributed by atoms with Gasteiger partial charge in [0.1, 0.15) is 12.4 Å². The number of hydrogen-bond acceptors (Lipinski definition) is 4. The molecule has 3 aromatic rings. The molecule has 1 aromatic heterocycles. The van der Waals surface area contributed by atoms with Gasteiger partial charge in [0, 0.05) is 12.8 Å². The Morgan fingerprint density at radius 2 is 1.92 bits per heavy atom. The summed E-state index contributed by atoms with van der Waals surface area (Å²) in [6.45, 7) is 2.41. The molecular formula is C18H17Cl2N3OS. The van der Waals surface area contributed by atoms with Crippen LogP contribution in [0.15, 0.2) is 47.6 Å². The lowest BCUT2D eigenvalue weighted by atomic mass is 10.2. The van der Waals surface area contributed by atoms with Crippen LogP contribution in [0.3, 0.4) is 0 Å². The van der Waals surface area contributed by atoms with E-state index < -0.39 is 0 Å². The number of rotatable bonds is 6. The van der Waals surface area contributed by atoms with E-state index in [1.807, 2.05) is 54.9 Å². The van der Waals surface area contributed by atoms with Crippen LogP contribution in [0, 0.1) is 6.92 Å². The molecule has 4 nitrogen and oxygen atoms in total. The minimum Gasteiger partial charge on any atom is -0.486 e. The maximum absolute atomic E-state index is 6.05. The molecule has 0 fully saturated rings. The zero-order valence-electron chi connectivity index (χ0n) is 13.9. The molecule has 0 N–H and O–H groups in total. The Hall–Kier alpha value is -1.69. The molecule has 0 bridgehead atoms. The largest absolute Gasteiger partial charge is 0.486 e. The van der Waals surface area contributed by atoms with Gasteiger partial charge in [-0.1, -0.05) is 53.2 Å². The standard InChI is InChI=1S/C18H17Cl2N3OS/c1-12-4-3-5-14(8-12)24-10-17-21-22-18(23(17)2)25-11-13-6-7-15(19)16(20)9-13/h3-9H,10-11H2,1-2H3. The third-order valence-electron chi connectivity index (χ3n) is 3.63. The van der Waals surface area contributed by atoms with Crippen molar-refractivity contribution in [1.29, 1.82) is 0 Å². The summed E-state index contributed by atoms with van der Waals surface area (Å²) in [7, 11) is 1.94. The number of aromatic nitrogens is 3. The number of nitrogens with zero attached hydrogens (tertiary/aromatic N) is 3. The lowest BCUT2D eigenvalue weighted by molar-refractivity contribution is 0.290. The van der Waals surface area contributed by atoms with Gasteiger partial charge in [-0.2, -0.15) is 0 Å². The summed E-state index contributed by atoms with van der Waals surface area (Å²) in [5, 5.41) is 10.4. The van der Waals surface area contributed by atoms with Crippen molar-refractivity contribution < 1.29 is 4.74 Å². The fraction of sp³-hybridized carbons (Fsp3) is 0.222. The van der Waals surface area contributed by atoms with Crippen LogP contribution in [0.4, 0.5) is 0 Å². The quantitative estimate of drug-likeness (QED) is 0.532. The lowest BCUT2D eigenvalue weighted by Crippen LogP contribution is -2.04. The highest BCUT2D eigenvalue weighted by atomic mass is 35.5. The number of ether oxygens (including phenoxy) is 1. The van der Waals surface area contributed by atoms with E-state index in [1.165, 1.54) is 0 Å². The van der Waals surface area contributed by atoms with Crippen molar-refractivity contribution in [2.75, 3.05) is 0 Å². The number of thioether (sulfide) groups is 1. The predicted octanol–water partition coefficient (Wildman–Crippen LogP) is 5.30. The average Bonchev–Trinajstić information content (AvgIpc) is 2.94. The van der Waals surface area contributed by atoms with E-state index in [2.05, 4.69) is 10.2 Å². The van der Waals surface area contributed by atoms with Crippen molar-refractivity contribution in [2.45, 2.75) is 24.4 Å². The first-order valence-electron chi connectivity index (χ1n) is 7.67. The lowest BCUT2D eigenvalue weighted by Gasteiger charge is -2.07. The first kappa shape index (κ1) is 18.1. The molecule has 130 valence electrons. The topological polar surface area (TPSA) is 39.9 Å². The van der Waals surface area contributed by atoms with Crippen LogP contribution in [0.1, 0.15) is 17.0 Å². The highest BCUT2D eigenvalue weighted by molar-refractivity contribution is 7.98. The van der Waals surface area contributed by atoms with Crippen LogP contribution in [-0.4, -0.2) is 14.8 Å². The first-order valence-corrected chi connectivity index (χ1v) is 9.41. The summed E-state index contributed by atoms with van der Waals surface area (Å²) in [5.74, 6) is 2.34. The summed E-state index contributed by atoms with van der Waals surface area (Å²) in [6, 6.07) is 13.6. The van der Waals surface area contributed by atoms with Crippen molar-refractivity contribution in [2.24, 2.45) is 7.05 Å². The normalized spacial score (nSPS) is 10.9. The molecule has 0 radical (unpaired) electrons. The fourth-order valence-corrected chi connectivity index (χ4v) is 3.42. The molecule has 25 heavy (non-hydrogen) atoms. The Bertz CT molecular complexity index is 883. The highest BCUT2D eigenvalue weighted by Gasteiger charge is 2.11. The average molecular weight is 394 g/mol. The zero-order chi connectivity index (χ0) is 17.8. The Morgan fingerprint density at radius 3 is 2.68 bits per heavy atom. The molecule has 0 atom stereocenters. The van der Waals surface area contributed by atoms with E-state index in [9.17, 15) is 0 Å². The Morgan fingerprint density at radius 1 is 1.08 bits per heavy atom. The summed E-state index contributed by atoms with van der Waals surface area (Å²) in [5.41, 5.74) is 2.24. The molecule has 0 aliphatic heterocycles. The molecule has 0 spiro atoms. The van der Waals surface area contributed by atoms with E-state index in [0.717, 1.165) is 33.6 Å². The minimum absolute atomic E-state index is 0.375. The predicted molar refractivity (Wildman–Crippen MR) is 103 cm³/mol. The second kappa shape index (κ2) is 8.13. The van der Waals surface area contributed by atoms with E-state index in [4.69, 9.17) is 27.9 Å². The Balaban J connectivity index is 1.61. The van der Waals surface area contributed by atoms with Gasteiger partial charge in [-0.25, -0.2) is 0 Å². The molecule has 0 amide bonds. The second-order valence-corrected chi connectivity index (χ2v) is 7.36.